The second-order valence-electron chi connectivity index (χ2n) is 23.4. The lowest BCUT2D eigenvalue weighted by Crippen LogP contribution is -2.40. The van der Waals surface area contributed by atoms with Crippen molar-refractivity contribution in [2.75, 3.05) is 47.5 Å². The Morgan fingerprint density at radius 3 is 1.05 bits per heavy atom. The highest BCUT2D eigenvalue weighted by atomic mass is 16.7. The molecule has 9 heteroatoms. The molecule has 2 atom stereocenters. The molecule has 0 rings (SSSR count). The Balaban J connectivity index is 3.99. The number of allylic oxidation sites excluding steroid dienone is 4. The summed E-state index contributed by atoms with van der Waals surface area (Å²) in [5.41, 5.74) is 0. The van der Waals surface area contributed by atoms with Gasteiger partial charge < -0.3 is 28.5 Å². The number of hydrogen-bond donors (Lipinski definition) is 1. The predicted molar refractivity (Wildman–Crippen MR) is 318 cm³/mol. The fourth-order valence-electron chi connectivity index (χ4n) is 9.70. The van der Waals surface area contributed by atoms with Crippen LogP contribution < -0.4 is 0 Å². The topological polar surface area (TPSA) is 108 Å². The fourth-order valence-corrected chi connectivity index (χ4v) is 9.70. The number of ether oxygens (including phenoxy) is 4. The van der Waals surface area contributed by atoms with Gasteiger partial charge in [-0.2, -0.15) is 0 Å². The van der Waals surface area contributed by atoms with Gasteiger partial charge in [-0.15, -0.1) is 0 Å². The van der Waals surface area contributed by atoms with E-state index in [4.69, 9.17) is 18.9 Å². The summed E-state index contributed by atoms with van der Waals surface area (Å²) >= 11 is 0. The molecule has 0 aromatic rings. The van der Waals surface area contributed by atoms with Crippen LogP contribution in [0, 0.1) is 0 Å². The predicted octanol–water partition coefficient (Wildman–Crippen LogP) is 19.5. The van der Waals surface area contributed by atoms with Gasteiger partial charge in [0.1, 0.15) is 13.2 Å². The normalized spacial score (nSPS) is 12.8. The van der Waals surface area contributed by atoms with E-state index in [9.17, 15) is 19.5 Å². The number of carbonyl (C=O) groups excluding carboxylic acids is 2. The van der Waals surface area contributed by atoms with Crippen molar-refractivity contribution in [3.63, 3.8) is 0 Å². The van der Waals surface area contributed by atoms with Crippen molar-refractivity contribution in [1.82, 2.24) is 0 Å². The van der Waals surface area contributed by atoms with Crippen molar-refractivity contribution in [1.29, 1.82) is 0 Å². The van der Waals surface area contributed by atoms with E-state index in [-0.39, 0.29) is 38.2 Å². The lowest BCUT2D eigenvalue weighted by molar-refractivity contribution is -0.870. The molecule has 0 saturated heterocycles. The molecule has 442 valence electrons. The molecule has 0 amide bonds. The van der Waals surface area contributed by atoms with Gasteiger partial charge in [-0.3, -0.25) is 9.59 Å². The fraction of sp³-hybridized carbons (Fsp3) is 0.894. The second-order valence-corrected chi connectivity index (χ2v) is 23.4. The van der Waals surface area contributed by atoms with Crippen LogP contribution in [0.4, 0.5) is 0 Å². The largest absolute Gasteiger partial charge is 0.477 e. The number of nitrogens with zero attached hydrogens (tertiary/aromatic N) is 1. The first-order valence-corrected chi connectivity index (χ1v) is 32.5. The molecule has 0 aromatic carbocycles. The zero-order valence-corrected chi connectivity index (χ0v) is 50.5. The van der Waals surface area contributed by atoms with Gasteiger partial charge in [0.15, 0.2) is 6.10 Å². The number of carbonyl (C=O) groups is 3. The Morgan fingerprint density at radius 2 is 0.720 bits per heavy atom. The van der Waals surface area contributed by atoms with E-state index in [0.717, 1.165) is 44.9 Å². The van der Waals surface area contributed by atoms with Crippen LogP contribution in [-0.2, 0) is 33.3 Å². The van der Waals surface area contributed by atoms with E-state index in [2.05, 4.69) is 38.2 Å². The number of quaternary nitrogens is 1. The first-order chi connectivity index (χ1) is 36.6. The van der Waals surface area contributed by atoms with Gasteiger partial charge in [0, 0.05) is 12.8 Å². The van der Waals surface area contributed by atoms with Crippen LogP contribution in [0.1, 0.15) is 322 Å². The molecule has 0 spiro atoms. The van der Waals surface area contributed by atoms with E-state index in [1.165, 1.54) is 250 Å². The number of esters is 2. The number of unbranched alkanes of at least 4 members (excludes halogenated alkanes) is 42. The SMILES string of the molecule is CCCCCCC/C=C\C/C=C\CCCCCCCCCCCCCCCCCCCCCCCCCC(=O)OC(COC(=O)CCCCCCCCCCCCCCCCC)COC(OCC[N+](C)(C)C)C(=O)O. The van der Waals surface area contributed by atoms with Gasteiger partial charge in [0.05, 0.1) is 34.4 Å². The molecular weight excluding hydrogens is 935 g/mol. The van der Waals surface area contributed by atoms with Crippen LogP contribution in [-0.4, -0.2) is 87.4 Å². The zero-order chi connectivity index (χ0) is 54.8. The van der Waals surface area contributed by atoms with E-state index in [1.54, 1.807) is 0 Å². The van der Waals surface area contributed by atoms with E-state index < -0.39 is 18.4 Å². The third-order valence-electron chi connectivity index (χ3n) is 14.7. The quantitative estimate of drug-likeness (QED) is 0.0211. The Bertz CT molecular complexity index is 1280. The van der Waals surface area contributed by atoms with Crippen LogP contribution in [0.5, 0.6) is 0 Å². The summed E-state index contributed by atoms with van der Waals surface area (Å²) in [6.45, 7) is 4.92. The van der Waals surface area contributed by atoms with Crippen molar-refractivity contribution < 1.29 is 42.9 Å². The minimum atomic E-state index is -1.50. The Kier molecular flexibility index (Phi) is 56.2. The van der Waals surface area contributed by atoms with Crippen LogP contribution in [0.15, 0.2) is 24.3 Å². The molecule has 75 heavy (non-hydrogen) atoms. The monoisotopic (exact) mass is 1060 g/mol. The smallest absolute Gasteiger partial charge is 0.361 e. The Labute approximate surface area is 465 Å². The highest BCUT2D eigenvalue weighted by Gasteiger charge is 2.25. The van der Waals surface area contributed by atoms with E-state index in [0.29, 0.717) is 17.4 Å². The maximum atomic E-state index is 12.9. The molecule has 1 N–H and O–H groups in total. The second kappa shape index (κ2) is 57.9. The van der Waals surface area contributed by atoms with Gasteiger partial charge in [0.2, 0.25) is 0 Å². The summed E-state index contributed by atoms with van der Waals surface area (Å²) in [5, 5.41) is 9.71. The first-order valence-electron chi connectivity index (χ1n) is 32.5. The third-order valence-corrected chi connectivity index (χ3v) is 14.7. The number of aliphatic carboxylic acids is 1. The number of hydrogen-bond acceptors (Lipinski definition) is 7. The number of carboxylic acid groups (broad SMARTS) is 1. The summed E-state index contributed by atoms with van der Waals surface area (Å²) in [6.07, 6.45) is 67.2. The lowest BCUT2D eigenvalue weighted by atomic mass is 10.0. The summed E-state index contributed by atoms with van der Waals surface area (Å²) < 4.78 is 22.9. The van der Waals surface area contributed by atoms with Gasteiger partial charge >= 0.3 is 17.9 Å². The van der Waals surface area contributed by atoms with E-state index in [1.807, 2.05) is 21.1 Å². The molecule has 0 aliphatic heterocycles. The van der Waals surface area contributed by atoms with Crippen molar-refractivity contribution in [3.05, 3.63) is 24.3 Å². The molecule has 0 bridgehead atoms. The number of likely N-dealkylation sites (N-methyl/N-ethyl adjacent to an activating group) is 1. The maximum Gasteiger partial charge on any atom is 0.361 e. The summed E-state index contributed by atoms with van der Waals surface area (Å²) in [4.78, 5) is 37.4. The lowest BCUT2D eigenvalue weighted by Gasteiger charge is -2.25. The average Bonchev–Trinajstić information content (AvgIpc) is 3.38. The van der Waals surface area contributed by atoms with Crippen LogP contribution in [0.2, 0.25) is 0 Å². The third kappa shape index (κ3) is 59.3. The molecule has 0 aliphatic carbocycles. The molecule has 9 nitrogen and oxygen atoms in total. The zero-order valence-electron chi connectivity index (χ0n) is 50.5. The van der Waals surface area contributed by atoms with Crippen molar-refractivity contribution in [3.8, 4) is 0 Å². The standard InChI is InChI=1S/C66H125NO8/c1-6-8-10-12-14-16-18-20-22-23-24-25-26-27-28-29-30-31-32-33-34-35-36-37-38-39-40-41-43-45-47-49-51-53-55-57-64(69)75-62(61-74-66(65(70)71)72-59-58-67(3,4)5)60-73-63(68)56-54-52-50-48-46-44-42-21-19-17-15-13-11-9-7-2/h18,20,23-24,62,66H,6-17,19,21-22,25-61H2,1-5H3/p+1/b20-18-,24-23-. The van der Waals surface area contributed by atoms with Crippen LogP contribution in [0.25, 0.3) is 0 Å². The van der Waals surface area contributed by atoms with Gasteiger partial charge in [-0.25, -0.2) is 4.79 Å². The summed E-state index contributed by atoms with van der Waals surface area (Å²) in [7, 11) is 5.98. The molecule has 0 aromatic heterocycles. The van der Waals surface area contributed by atoms with E-state index >= 15 is 0 Å². The highest BCUT2D eigenvalue weighted by Crippen LogP contribution is 2.18. The van der Waals surface area contributed by atoms with Gasteiger partial charge in [-0.1, -0.05) is 289 Å². The van der Waals surface area contributed by atoms with Crippen LogP contribution >= 0.6 is 0 Å². The maximum absolute atomic E-state index is 12.9. The average molecular weight is 1060 g/mol. The van der Waals surface area contributed by atoms with Gasteiger partial charge in [0.25, 0.3) is 6.29 Å². The van der Waals surface area contributed by atoms with Crippen LogP contribution in [0.3, 0.4) is 0 Å². The molecule has 0 radical (unpaired) electrons. The Hall–Kier alpha value is -2.23. The first kappa shape index (κ1) is 72.8. The van der Waals surface area contributed by atoms with Gasteiger partial charge in [-0.05, 0) is 44.9 Å². The molecular formula is C66H126NO8+. The van der Waals surface area contributed by atoms with Crippen molar-refractivity contribution >= 4 is 17.9 Å². The molecule has 0 fully saturated rings. The minimum Gasteiger partial charge on any atom is -0.477 e. The number of rotatable bonds is 61. The molecule has 2 unspecified atom stereocenters. The number of carboxylic acids is 1. The van der Waals surface area contributed by atoms with Crippen molar-refractivity contribution in [2.24, 2.45) is 0 Å². The molecule has 0 heterocycles. The molecule has 0 saturated carbocycles. The van der Waals surface area contributed by atoms with Crippen molar-refractivity contribution in [2.45, 2.75) is 334 Å². The molecule has 0 aliphatic rings. The Morgan fingerprint density at radius 1 is 0.400 bits per heavy atom. The summed E-state index contributed by atoms with van der Waals surface area (Å²) in [5.74, 6) is -1.98. The summed E-state index contributed by atoms with van der Waals surface area (Å²) in [6, 6.07) is 0. The highest BCUT2D eigenvalue weighted by molar-refractivity contribution is 5.71. The minimum absolute atomic E-state index is 0.174.